The Hall–Kier alpha value is -0.940. The van der Waals surface area contributed by atoms with Crippen molar-refractivity contribution < 1.29 is 0 Å². The van der Waals surface area contributed by atoms with Crippen molar-refractivity contribution >= 4 is 11.8 Å². The molecule has 1 nitrogen and oxygen atoms in total. The number of nitrogens with zero attached hydrogens (tertiary/aromatic N) is 1. The van der Waals surface area contributed by atoms with Crippen molar-refractivity contribution in [1.29, 1.82) is 5.26 Å². The molecule has 2 heteroatoms. The molecule has 1 unspecified atom stereocenters. The highest BCUT2D eigenvalue weighted by atomic mass is 32.2. The van der Waals surface area contributed by atoms with Crippen LogP contribution in [0.5, 0.6) is 0 Å². The van der Waals surface area contributed by atoms with Crippen molar-refractivity contribution in [1.82, 2.24) is 0 Å². The SMILES string of the molecule is CCSCCCC1(C#N)CCCc2ccccc21. The average Bonchev–Trinajstić information content (AvgIpc) is 2.44. The number of rotatable bonds is 5. The maximum absolute atomic E-state index is 9.69. The lowest BCUT2D eigenvalue weighted by atomic mass is 9.68. The molecule has 96 valence electrons. The van der Waals surface area contributed by atoms with Crippen molar-refractivity contribution in [2.24, 2.45) is 0 Å². The Kier molecular flexibility index (Phi) is 4.72. The summed E-state index contributed by atoms with van der Waals surface area (Å²) in [6, 6.07) is 11.2. The molecule has 0 aromatic heterocycles. The number of fused-ring (bicyclic) bond motifs is 1. The third-order valence-electron chi connectivity index (χ3n) is 3.89. The Morgan fingerprint density at radius 3 is 3.00 bits per heavy atom. The highest BCUT2D eigenvalue weighted by Crippen LogP contribution is 2.40. The fourth-order valence-corrected chi connectivity index (χ4v) is 3.61. The van der Waals surface area contributed by atoms with Crippen LogP contribution in [0, 0.1) is 11.3 Å². The van der Waals surface area contributed by atoms with Crippen LogP contribution in [0.2, 0.25) is 0 Å². The third-order valence-corrected chi connectivity index (χ3v) is 4.88. The molecule has 1 aromatic carbocycles. The van der Waals surface area contributed by atoms with Crippen molar-refractivity contribution in [3.8, 4) is 6.07 Å². The largest absolute Gasteiger partial charge is 0.197 e. The van der Waals surface area contributed by atoms with Gasteiger partial charge in [-0.15, -0.1) is 0 Å². The maximum atomic E-state index is 9.69. The Balaban J connectivity index is 2.15. The summed E-state index contributed by atoms with van der Waals surface area (Å²) in [6.45, 7) is 2.20. The highest BCUT2D eigenvalue weighted by molar-refractivity contribution is 7.99. The molecule has 0 aliphatic heterocycles. The third kappa shape index (κ3) is 2.72. The van der Waals surface area contributed by atoms with Crippen molar-refractivity contribution in [3.63, 3.8) is 0 Å². The fraction of sp³-hybridized carbons (Fsp3) is 0.562. The van der Waals surface area contributed by atoms with Crippen LogP contribution < -0.4 is 0 Å². The standard InChI is InChI=1S/C16H21NS/c1-2-18-12-6-11-16(13-17)10-5-8-14-7-3-4-9-15(14)16/h3-4,7,9H,2,5-6,8,10-12H2,1H3. The molecule has 0 bridgehead atoms. The average molecular weight is 259 g/mol. The molecule has 2 rings (SSSR count). The van der Waals surface area contributed by atoms with Gasteiger partial charge in [0, 0.05) is 0 Å². The Labute approximate surface area is 115 Å². The van der Waals surface area contributed by atoms with E-state index in [1.54, 1.807) is 0 Å². The molecule has 1 aliphatic rings. The lowest BCUT2D eigenvalue weighted by Crippen LogP contribution is -2.29. The Morgan fingerprint density at radius 1 is 1.39 bits per heavy atom. The number of benzene rings is 1. The maximum Gasteiger partial charge on any atom is 0.0825 e. The Bertz CT molecular complexity index is 435. The van der Waals surface area contributed by atoms with Gasteiger partial charge in [0.1, 0.15) is 0 Å². The van der Waals surface area contributed by atoms with Crippen LogP contribution in [0.15, 0.2) is 24.3 Å². The minimum absolute atomic E-state index is 0.205. The van der Waals surface area contributed by atoms with E-state index in [1.807, 2.05) is 11.8 Å². The predicted molar refractivity (Wildman–Crippen MR) is 78.9 cm³/mol. The van der Waals surface area contributed by atoms with Crippen LogP contribution in [-0.4, -0.2) is 11.5 Å². The smallest absolute Gasteiger partial charge is 0.0825 e. The summed E-state index contributed by atoms with van der Waals surface area (Å²) in [5.41, 5.74) is 2.50. The van der Waals surface area contributed by atoms with Gasteiger partial charge in [0.15, 0.2) is 0 Å². The number of thioether (sulfide) groups is 1. The molecule has 1 aliphatic carbocycles. The summed E-state index contributed by atoms with van der Waals surface area (Å²) in [6.07, 6.45) is 5.51. The molecule has 0 radical (unpaired) electrons. The molecule has 0 fully saturated rings. The van der Waals surface area contributed by atoms with E-state index < -0.39 is 0 Å². The first kappa shape index (κ1) is 13.5. The Morgan fingerprint density at radius 2 is 2.22 bits per heavy atom. The molecule has 0 N–H and O–H groups in total. The topological polar surface area (TPSA) is 23.8 Å². The molecule has 0 amide bonds. The van der Waals surface area contributed by atoms with Gasteiger partial charge >= 0.3 is 0 Å². The fourth-order valence-electron chi connectivity index (χ4n) is 2.97. The first-order valence-electron chi connectivity index (χ1n) is 6.90. The van der Waals surface area contributed by atoms with Crippen LogP contribution in [-0.2, 0) is 11.8 Å². The van der Waals surface area contributed by atoms with Crippen molar-refractivity contribution in [2.75, 3.05) is 11.5 Å². The van der Waals surface area contributed by atoms with Crippen LogP contribution >= 0.6 is 11.8 Å². The lowest BCUT2D eigenvalue weighted by molar-refractivity contribution is 0.420. The predicted octanol–water partition coefficient (Wildman–Crippen LogP) is 4.32. The van der Waals surface area contributed by atoms with E-state index in [-0.39, 0.29) is 5.41 Å². The van der Waals surface area contributed by atoms with Gasteiger partial charge in [0.25, 0.3) is 0 Å². The van der Waals surface area contributed by atoms with E-state index in [0.717, 1.165) is 32.1 Å². The zero-order valence-electron chi connectivity index (χ0n) is 11.1. The number of aryl methyl sites for hydroxylation is 1. The summed E-state index contributed by atoms with van der Waals surface area (Å²) in [4.78, 5) is 0. The van der Waals surface area contributed by atoms with Gasteiger partial charge in [-0.1, -0.05) is 31.2 Å². The summed E-state index contributed by atoms with van der Waals surface area (Å²) < 4.78 is 0. The number of hydrogen-bond acceptors (Lipinski definition) is 2. The zero-order valence-corrected chi connectivity index (χ0v) is 11.9. The van der Waals surface area contributed by atoms with Gasteiger partial charge < -0.3 is 0 Å². The molecular weight excluding hydrogens is 238 g/mol. The van der Waals surface area contributed by atoms with Crippen molar-refractivity contribution in [2.45, 2.75) is 44.4 Å². The van der Waals surface area contributed by atoms with E-state index >= 15 is 0 Å². The van der Waals surface area contributed by atoms with E-state index in [0.29, 0.717) is 0 Å². The summed E-state index contributed by atoms with van der Waals surface area (Å²) in [5.74, 6) is 2.36. The first-order valence-corrected chi connectivity index (χ1v) is 8.05. The zero-order chi connectivity index (χ0) is 12.8. The minimum atomic E-state index is -0.205. The van der Waals surface area contributed by atoms with Crippen LogP contribution in [0.25, 0.3) is 0 Å². The second-order valence-corrected chi connectivity index (χ2v) is 6.40. The van der Waals surface area contributed by atoms with Gasteiger partial charge in [-0.3, -0.25) is 0 Å². The first-order chi connectivity index (χ1) is 8.82. The molecule has 1 atom stereocenters. The molecular formula is C16H21NS. The summed E-state index contributed by atoms with van der Waals surface area (Å²) >= 11 is 1.98. The molecule has 0 spiro atoms. The minimum Gasteiger partial charge on any atom is -0.197 e. The second-order valence-electron chi connectivity index (χ2n) is 5.01. The highest BCUT2D eigenvalue weighted by Gasteiger charge is 2.35. The van der Waals surface area contributed by atoms with Gasteiger partial charge in [0.05, 0.1) is 11.5 Å². The van der Waals surface area contributed by atoms with Gasteiger partial charge in [-0.2, -0.15) is 17.0 Å². The molecule has 0 heterocycles. The van der Waals surface area contributed by atoms with E-state index in [2.05, 4.69) is 37.3 Å². The van der Waals surface area contributed by atoms with Crippen LogP contribution in [0.4, 0.5) is 0 Å². The van der Waals surface area contributed by atoms with Gasteiger partial charge in [0.2, 0.25) is 0 Å². The summed E-state index contributed by atoms with van der Waals surface area (Å²) in [5, 5.41) is 9.69. The normalized spacial score (nSPS) is 22.2. The molecule has 1 aromatic rings. The molecule has 0 saturated carbocycles. The van der Waals surface area contributed by atoms with E-state index in [4.69, 9.17) is 0 Å². The van der Waals surface area contributed by atoms with Crippen LogP contribution in [0.1, 0.15) is 43.7 Å². The summed E-state index contributed by atoms with van der Waals surface area (Å²) in [7, 11) is 0. The van der Waals surface area contributed by atoms with Gasteiger partial charge in [-0.05, 0) is 54.7 Å². The second kappa shape index (κ2) is 6.29. The molecule has 18 heavy (non-hydrogen) atoms. The van der Waals surface area contributed by atoms with E-state index in [9.17, 15) is 5.26 Å². The van der Waals surface area contributed by atoms with E-state index in [1.165, 1.54) is 22.6 Å². The number of hydrogen-bond donors (Lipinski definition) is 0. The van der Waals surface area contributed by atoms with Crippen molar-refractivity contribution in [3.05, 3.63) is 35.4 Å². The number of nitriles is 1. The lowest BCUT2D eigenvalue weighted by Gasteiger charge is -2.33. The molecule has 0 saturated heterocycles. The quantitative estimate of drug-likeness (QED) is 0.735. The van der Waals surface area contributed by atoms with Gasteiger partial charge in [-0.25, -0.2) is 0 Å². The van der Waals surface area contributed by atoms with Crippen LogP contribution in [0.3, 0.4) is 0 Å². The monoisotopic (exact) mass is 259 g/mol.